The first-order valence-electron chi connectivity index (χ1n) is 7.31. The first kappa shape index (κ1) is 17.5. The number of carboxylic acid groups (broad SMARTS) is 1. The van der Waals surface area contributed by atoms with Crippen LogP contribution < -0.4 is 5.69 Å². The van der Waals surface area contributed by atoms with E-state index in [1.165, 1.54) is 0 Å². The van der Waals surface area contributed by atoms with E-state index < -0.39 is 29.4 Å². The number of carboxylic acids is 1. The Balaban J connectivity index is 1.95. The zero-order chi connectivity index (χ0) is 18.4. The van der Waals surface area contributed by atoms with Crippen LogP contribution in [0.15, 0.2) is 17.1 Å². The number of hydrogen-bond donors (Lipinski definition) is 1. The molecule has 0 fully saturated rings. The van der Waals surface area contributed by atoms with Gasteiger partial charge in [0.1, 0.15) is 11.9 Å². The zero-order valence-electron chi connectivity index (χ0n) is 12.6. The lowest BCUT2D eigenvalue weighted by Gasteiger charge is -2.19. The van der Waals surface area contributed by atoms with Crippen LogP contribution in [0.2, 0.25) is 5.02 Å². The molecule has 0 spiro atoms. The van der Waals surface area contributed by atoms with Crippen LogP contribution in [0.3, 0.4) is 0 Å². The first-order valence-corrected chi connectivity index (χ1v) is 7.69. The second-order valence-corrected chi connectivity index (χ2v) is 6.03. The Bertz CT molecular complexity index is 890. The van der Waals surface area contributed by atoms with Crippen molar-refractivity contribution >= 4 is 17.6 Å². The molecule has 1 unspecified atom stereocenters. The number of rotatable bonds is 3. The van der Waals surface area contributed by atoms with Crippen molar-refractivity contribution in [2.45, 2.75) is 38.0 Å². The summed E-state index contributed by atoms with van der Waals surface area (Å²) in [5.74, 6) is -0.806. The molecule has 2 aromatic rings. The van der Waals surface area contributed by atoms with Crippen LogP contribution in [0.1, 0.15) is 36.0 Å². The number of halogens is 4. The smallest absolute Gasteiger partial charge is 0.417 e. The Morgan fingerprint density at radius 2 is 2.16 bits per heavy atom. The topological polar surface area (TPSA) is 90.0 Å². The molecule has 3 rings (SSSR count). The lowest BCUT2D eigenvalue weighted by molar-refractivity contribution is -0.141. The molecular weight excluding hydrogens is 365 g/mol. The molecule has 1 N–H and O–H groups in total. The summed E-state index contributed by atoms with van der Waals surface area (Å²) in [6.45, 7) is -0.248. The number of carbonyl (C=O) groups is 1. The first-order chi connectivity index (χ1) is 11.7. The van der Waals surface area contributed by atoms with Crippen LogP contribution in [-0.2, 0) is 23.9 Å². The third kappa shape index (κ3) is 3.26. The minimum Gasteiger partial charge on any atom is -0.480 e. The minimum absolute atomic E-state index is 0.0408. The molecule has 1 aliphatic heterocycles. The van der Waals surface area contributed by atoms with Crippen molar-refractivity contribution in [1.82, 2.24) is 19.3 Å². The van der Waals surface area contributed by atoms with E-state index in [1.54, 1.807) is 0 Å². The molecule has 25 heavy (non-hydrogen) atoms. The van der Waals surface area contributed by atoms with Gasteiger partial charge in [-0.05, 0) is 18.9 Å². The van der Waals surface area contributed by atoms with Crippen molar-refractivity contribution in [2.24, 2.45) is 0 Å². The van der Waals surface area contributed by atoms with Crippen molar-refractivity contribution in [3.63, 3.8) is 0 Å². The van der Waals surface area contributed by atoms with E-state index in [0.717, 1.165) is 15.3 Å². The van der Waals surface area contributed by atoms with Gasteiger partial charge in [-0.25, -0.2) is 14.3 Å². The maximum atomic E-state index is 12.6. The second kappa shape index (κ2) is 6.17. The van der Waals surface area contributed by atoms with E-state index in [9.17, 15) is 27.9 Å². The predicted octanol–water partition coefficient (Wildman–Crippen LogP) is 2.12. The Kier molecular flexibility index (Phi) is 4.31. The number of aliphatic carboxylic acids is 1. The van der Waals surface area contributed by atoms with E-state index in [1.807, 2.05) is 0 Å². The van der Waals surface area contributed by atoms with Crippen LogP contribution >= 0.6 is 11.6 Å². The molecule has 11 heteroatoms. The van der Waals surface area contributed by atoms with E-state index in [0.29, 0.717) is 31.3 Å². The van der Waals surface area contributed by atoms with E-state index in [2.05, 4.69) is 10.1 Å². The molecule has 2 aromatic heterocycles. The normalized spacial score (nSPS) is 17.4. The Morgan fingerprint density at radius 3 is 2.76 bits per heavy atom. The fourth-order valence-electron chi connectivity index (χ4n) is 2.75. The Labute approximate surface area is 143 Å². The molecule has 3 heterocycles. The number of aromatic nitrogens is 4. The fourth-order valence-corrected chi connectivity index (χ4v) is 2.97. The number of pyridine rings is 1. The molecule has 0 bridgehead atoms. The summed E-state index contributed by atoms with van der Waals surface area (Å²) in [6, 6.07) is -0.272. The highest BCUT2D eigenvalue weighted by Crippen LogP contribution is 2.31. The second-order valence-electron chi connectivity index (χ2n) is 5.62. The fraction of sp³-hybridized carbons (Fsp3) is 0.429. The highest BCUT2D eigenvalue weighted by Gasteiger charge is 2.32. The summed E-state index contributed by atoms with van der Waals surface area (Å²) >= 11 is 5.84. The quantitative estimate of drug-likeness (QED) is 0.886. The lowest BCUT2D eigenvalue weighted by Crippen LogP contribution is -2.34. The Hall–Kier alpha value is -2.36. The van der Waals surface area contributed by atoms with Crippen molar-refractivity contribution in [2.75, 3.05) is 0 Å². The number of fused-ring (bicyclic) bond motifs is 1. The average Bonchev–Trinajstić information content (AvgIpc) is 2.84. The number of alkyl halides is 3. The molecule has 0 aliphatic carbocycles. The molecule has 0 saturated heterocycles. The van der Waals surface area contributed by atoms with Gasteiger partial charge < -0.3 is 5.11 Å². The van der Waals surface area contributed by atoms with Gasteiger partial charge in [-0.3, -0.25) is 9.55 Å². The van der Waals surface area contributed by atoms with Crippen LogP contribution in [0.25, 0.3) is 0 Å². The van der Waals surface area contributed by atoms with E-state index in [4.69, 9.17) is 11.6 Å². The largest absolute Gasteiger partial charge is 0.480 e. The van der Waals surface area contributed by atoms with Gasteiger partial charge in [0.05, 0.1) is 22.8 Å². The van der Waals surface area contributed by atoms with Crippen molar-refractivity contribution in [1.29, 1.82) is 0 Å². The highest BCUT2D eigenvalue weighted by atomic mass is 35.5. The average molecular weight is 377 g/mol. The van der Waals surface area contributed by atoms with E-state index in [-0.39, 0.29) is 17.3 Å². The van der Waals surface area contributed by atoms with Crippen LogP contribution in [0, 0.1) is 0 Å². The van der Waals surface area contributed by atoms with Crippen LogP contribution in [-0.4, -0.2) is 30.4 Å². The third-order valence-corrected chi connectivity index (χ3v) is 4.29. The highest BCUT2D eigenvalue weighted by molar-refractivity contribution is 6.31. The summed E-state index contributed by atoms with van der Waals surface area (Å²) in [5.41, 5.74) is -1.61. The van der Waals surface area contributed by atoms with Crippen LogP contribution in [0.4, 0.5) is 13.2 Å². The summed E-state index contributed by atoms with van der Waals surface area (Å²) in [4.78, 5) is 27.4. The van der Waals surface area contributed by atoms with Gasteiger partial charge in [-0.2, -0.15) is 18.3 Å². The summed E-state index contributed by atoms with van der Waals surface area (Å²) < 4.78 is 40.0. The van der Waals surface area contributed by atoms with Gasteiger partial charge in [0.15, 0.2) is 0 Å². The van der Waals surface area contributed by atoms with Gasteiger partial charge in [-0.15, -0.1) is 0 Å². The predicted molar refractivity (Wildman–Crippen MR) is 79.4 cm³/mol. The standard InChI is InChI=1S/C14H12ClF3N4O3/c15-8-4-7(14(16,17)18)5-19-9(8)6-21-13(25)22-10(12(23)24)2-1-3-11(22)20-21/h4-5,10H,1-3,6H2,(H,23,24). The molecular formula is C14H12ClF3N4O3. The molecule has 0 aromatic carbocycles. The molecule has 134 valence electrons. The number of aryl methyl sites for hydroxylation is 1. The van der Waals surface area contributed by atoms with Gasteiger partial charge in [-0.1, -0.05) is 11.6 Å². The SMILES string of the molecule is O=C(O)C1CCCc2nn(Cc3ncc(C(F)(F)F)cc3Cl)c(=O)n21. The van der Waals surface area contributed by atoms with Crippen molar-refractivity contribution < 1.29 is 23.1 Å². The van der Waals surface area contributed by atoms with Crippen molar-refractivity contribution in [3.8, 4) is 0 Å². The van der Waals surface area contributed by atoms with Gasteiger partial charge in [0.2, 0.25) is 0 Å². The molecule has 0 amide bonds. The summed E-state index contributed by atoms with van der Waals surface area (Å²) in [5, 5.41) is 13.0. The maximum absolute atomic E-state index is 12.6. The lowest BCUT2D eigenvalue weighted by atomic mass is 10.1. The van der Waals surface area contributed by atoms with Gasteiger partial charge in [0, 0.05) is 12.6 Å². The maximum Gasteiger partial charge on any atom is 0.417 e. The van der Waals surface area contributed by atoms with E-state index >= 15 is 0 Å². The Morgan fingerprint density at radius 1 is 1.44 bits per heavy atom. The zero-order valence-corrected chi connectivity index (χ0v) is 13.4. The number of nitrogens with zero attached hydrogens (tertiary/aromatic N) is 4. The summed E-state index contributed by atoms with van der Waals surface area (Å²) in [6.07, 6.45) is -2.61. The minimum atomic E-state index is -4.58. The number of hydrogen-bond acceptors (Lipinski definition) is 4. The van der Waals surface area contributed by atoms with Crippen LogP contribution in [0.5, 0.6) is 0 Å². The molecule has 0 saturated carbocycles. The van der Waals surface area contributed by atoms with Gasteiger partial charge >= 0.3 is 17.8 Å². The molecule has 7 nitrogen and oxygen atoms in total. The molecule has 1 atom stereocenters. The summed E-state index contributed by atoms with van der Waals surface area (Å²) in [7, 11) is 0. The molecule has 0 radical (unpaired) electrons. The molecule has 1 aliphatic rings. The van der Waals surface area contributed by atoms with Gasteiger partial charge in [0.25, 0.3) is 0 Å². The third-order valence-electron chi connectivity index (χ3n) is 3.96. The van der Waals surface area contributed by atoms with Crippen molar-refractivity contribution in [3.05, 3.63) is 44.9 Å². The monoisotopic (exact) mass is 376 g/mol.